The van der Waals surface area contributed by atoms with Crippen LogP contribution in [0, 0.1) is 13.8 Å². The number of aromatic nitrogens is 1. The first-order chi connectivity index (χ1) is 13.0. The lowest BCUT2D eigenvalue weighted by Crippen LogP contribution is -2.18. The van der Waals surface area contributed by atoms with Gasteiger partial charge in [-0.3, -0.25) is 4.79 Å². The molecule has 136 valence electrons. The van der Waals surface area contributed by atoms with Gasteiger partial charge in [-0.05, 0) is 49.7 Å². The van der Waals surface area contributed by atoms with Gasteiger partial charge in [-0.1, -0.05) is 30.3 Å². The van der Waals surface area contributed by atoms with Crippen LogP contribution in [-0.4, -0.2) is 27.8 Å². The number of aromatic carboxylic acids is 1. The van der Waals surface area contributed by atoms with Crippen LogP contribution in [0.25, 0.3) is 5.69 Å². The number of carboxylic acid groups (broad SMARTS) is 1. The van der Waals surface area contributed by atoms with Crippen LogP contribution in [0.3, 0.4) is 0 Å². The molecule has 0 bridgehead atoms. The molecule has 1 aromatic heterocycles. The van der Waals surface area contributed by atoms with E-state index in [1.54, 1.807) is 12.1 Å². The quantitative estimate of drug-likeness (QED) is 0.538. The lowest BCUT2D eigenvalue weighted by Gasteiger charge is -2.09. The van der Waals surface area contributed by atoms with Crippen molar-refractivity contribution in [1.29, 1.82) is 0 Å². The molecule has 27 heavy (non-hydrogen) atoms. The van der Waals surface area contributed by atoms with E-state index in [-0.39, 0.29) is 11.5 Å². The second-order valence-electron chi connectivity index (χ2n) is 6.08. The summed E-state index contributed by atoms with van der Waals surface area (Å²) in [6.07, 6.45) is 1.47. The average molecular weight is 361 g/mol. The fourth-order valence-corrected chi connectivity index (χ4v) is 2.90. The Morgan fingerprint density at radius 2 is 1.70 bits per heavy atom. The molecule has 0 aliphatic heterocycles. The molecule has 6 nitrogen and oxygen atoms in total. The van der Waals surface area contributed by atoms with Gasteiger partial charge in [0.25, 0.3) is 5.91 Å². The Morgan fingerprint density at radius 1 is 1.04 bits per heavy atom. The van der Waals surface area contributed by atoms with Crippen molar-refractivity contribution in [2.75, 3.05) is 0 Å². The predicted octanol–water partition coefficient (Wildman–Crippen LogP) is 3.56. The Hall–Kier alpha value is -3.67. The molecule has 6 heteroatoms. The van der Waals surface area contributed by atoms with Crippen molar-refractivity contribution >= 4 is 18.1 Å². The Morgan fingerprint density at radius 3 is 2.33 bits per heavy atom. The second kappa shape index (κ2) is 7.70. The van der Waals surface area contributed by atoms with Crippen molar-refractivity contribution in [3.63, 3.8) is 0 Å². The molecule has 0 fully saturated rings. The maximum atomic E-state index is 12.5. The highest BCUT2D eigenvalue weighted by molar-refractivity contribution is 5.96. The molecule has 0 atom stereocenters. The van der Waals surface area contributed by atoms with E-state index in [0.29, 0.717) is 11.1 Å². The van der Waals surface area contributed by atoms with E-state index >= 15 is 0 Å². The number of carboxylic acids is 1. The normalized spacial score (nSPS) is 10.9. The highest BCUT2D eigenvalue weighted by Gasteiger charge is 2.16. The number of hydrazone groups is 1. The van der Waals surface area contributed by atoms with Crippen LogP contribution in [0.15, 0.2) is 65.8 Å². The first-order valence-electron chi connectivity index (χ1n) is 8.38. The SMILES string of the molecule is Cc1cc(C(=O)N/N=C\c2ccc(C(=O)O)cc2)c(C)n1-c1ccccc1. The number of para-hydroxylation sites is 1. The van der Waals surface area contributed by atoms with Gasteiger partial charge >= 0.3 is 5.97 Å². The van der Waals surface area contributed by atoms with E-state index in [2.05, 4.69) is 10.5 Å². The van der Waals surface area contributed by atoms with E-state index in [9.17, 15) is 9.59 Å². The third kappa shape index (κ3) is 3.95. The fraction of sp³-hybridized carbons (Fsp3) is 0.0952. The highest BCUT2D eigenvalue weighted by Crippen LogP contribution is 2.20. The zero-order valence-corrected chi connectivity index (χ0v) is 15.0. The number of hydrogen-bond acceptors (Lipinski definition) is 3. The molecule has 0 spiro atoms. The molecular weight excluding hydrogens is 342 g/mol. The van der Waals surface area contributed by atoms with Gasteiger partial charge in [0.05, 0.1) is 17.3 Å². The molecular formula is C21H19N3O3. The van der Waals surface area contributed by atoms with Crippen molar-refractivity contribution in [3.8, 4) is 5.69 Å². The number of amides is 1. The summed E-state index contributed by atoms with van der Waals surface area (Å²) in [6, 6.07) is 17.9. The van der Waals surface area contributed by atoms with Gasteiger partial charge < -0.3 is 9.67 Å². The molecule has 0 unspecified atom stereocenters. The third-order valence-electron chi connectivity index (χ3n) is 4.23. The third-order valence-corrected chi connectivity index (χ3v) is 4.23. The number of nitrogens with zero attached hydrogens (tertiary/aromatic N) is 2. The van der Waals surface area contributed by atoms with Crippen molar-refractivity contribution in [1.82, 2.24) is 9.99 Å². The topological polar surface area (TPSA) is 83.7 Å². The monoisotopic (exact) mass is 361 g/mol. The molecule has 1 heterocycles. The molecule has 3 aromatic rings. The van der Waals surface area contributed by atoms with Gasteiger partial charge in [-0.15, -0.1) is 0 Å². The molecule has 0 aliphatic rings. The number of carbonyl (C=O) groups excluding carboxylic acids is 1. The number of hydrogen-bond donors (Lipinski definition) is 2. The first kappa shape index (κ1) is 18.1. The predicted molar refractivity (Wildman–Crippen MR) is 104 cm³/mol. The van der Waals surface area contributed by atoms with Gasteiger partial charge in [0.15, 0.2) is 0 Å². The van der Waals surface area contributed by atoms with Gasteiger partial charge in [-0.25, -0.2) is 10.2 Å². The van der Waals surface area contributed by atoms with Crippen LogP contribution >= 0.6 is 0 Å². The maximum absolute atomic E-state index is 12.5. The minimum Gasteiger partial charge on any atom is -0.478 e. The van der Waals surface area contributed by atoms with E-state index in [1.165, 1.54) is 18.3 Å². The molecule has 3 rings (SSSR count). The Kier molecular flexibility index (Phi) is 5.17. The summed E-state index contributed by atoms with van der Waals surface area (Å²) in [7, 11) is 0. The molecule has 1 amide bonds. The summed E-state index contributed by atoms with van der Waals surface area (Å²) in [5, 5.41) is 12.9. The van der Waals surface area contributed by atoms with E-state index in [1.807, 2.05) is 54.8 Å². The number of nitrogens with one attached hydrogen (secondary N) is 1. The van der Waals surface area contributed by atoms with Crippen molar-refractivity contribution in [3.05, 3.63) is 88.7 Å². The summed E-state index contributed by atoms with van der Waals surface area (Å²) in [6.45, 7) is 3.84. The number of rotatable bonds is 5. The fourth-order valence-electron chi connectivity index (χ4n) is 2.90. The van der Waals surface area contributed by atoms with Crippen LogP contribution in [0.5, 0.6) is 0 Å². The highest BCUT2D eigenvalue weighted by atomic mass is 16.4. The minimum atomic E-state index is -0.986. The second-order valence-corrected chi connectivity index (χ2v) is 6.08. The molecule has 0 saturated carbocycles. The van der Waals surface area contributed by atoms with Crippen LogP contribution < -0.4 is 5.43 Å². The Balaban J connectivity index is 1.74. The van der Waals surface area contributed by atoms with E-state index < -0.39 is 5.97 Å². The first-order valence-corrected chi connectivity index (χ1v) is 8.38. The Bertz CT molecular complexity index is 1000. The summed E-state index contributed by atoms with van der Waals surface area (Å²) in [5.41, 5.74) is 6.74. The van der Waals surface area contributed by atoms with Crippen LogP contribution in [0.4, 0.5) is 0 Å². The van der Waals surface area contributed by atoms with Crippen LogP contribution in [0.2, 0.25) is 0 Å². The van der Waals surface area contributed by atoms with Crippen molar-refractivity contribution in [2.45, 2.75) is 13.8 Å². The number of aryl methyl sites for hydroxylation is 1. The zero-order chi connectivity index (χ0) is 19.4. The summed E-state index contributed by atoms with van der Waals surface area (Å²) < 4.78 is 2.02. The van der Waals surface area contributed by atoms with Crippen LogP contribution in [-0.2, 0) is 0 Å². The molecule has 2 aromatic carbocycles. The largest absolute Gasteiger partial charge is 0.478 e. The Labute approximate surface area is 156 Å². The number of benzene rings is 2. The molecule has 2 N–H and O–H groups in total. The average Bonchev–Trinajstić information content (AvgIpc) is 2.97. The van der Waals surface area contributed by atoms with Crippen LogP contribution in [0.1, 0.15) is 37.7 Å². The lowest BCUT2D eigenvalue weighted by atomic mass is 10.1. The van der Waals surface area contributed by atoms with E-state index in [4.69, 9.17) is 5.11 Å². The van der Waals surface area contributed by atoms with Gasteiger partial charge in [0, 0.05) is 17.1 Å². The van der Waals surface area contributed by atoms with Gasteiger partial charge in [0.1, 0.15) is 0 Å². The maximum Gasteiger partial charge on any atom is 0.335 e. The minimum absolute atomic E-state index is 0.199. The standard InChI is InChI=1S/C21H19N3O3/c1-14-12-19(15(2)24(14)18-6-4-3-5-7-18)20(25)23-22-13-16-8-10-17(11-9-16)21(26)27/h3-13H,1-2H3,(H,23,25)(H,26,27)/b22-13-. The van der Waals surface area contributed by atoms with Crippen molar-refractivity contribution in [2.24, 2.45) is 5.10 Å². The molecule has 0 saturated heterocycles. The van der Waals surface area contributed by atoms with E-state index in [0.717, 1.165) is 17.1 Å². The summed E-state index contributed by atoms with van der Waals surface area (Å²) >= 11 is 0. The molecule has 0 radical (unpaired) electrons. The number of carbonyl (C=O) groups is 2. The zero-order valence-electron chi connectivity index (χ0n) is 15.0. The lowest BCUT2D eigenvalue weighted by molar-refractivity contribution is 0.0696. The van der Waals surface area contributed by atoms with Gasteiger partial charge in [-0.2, -0.15) is 5.10 Å². The molecule has 0 aliphatic carbocycles. The van der Waals surface area contributed by atoms with Crippen molar-refractivity contribution < 1.29 is 14.7 Å². The summed E-state index contributed by atoms with van der Waals surface area (Å²) in [5.74, 6) is -1.29. The smallest absolute Gasteiger partial charge is 0.335 e. The summed E-state index contributed by atoms with van der Waals surface area (Å²) in [4.78, 5) is 23.3. The van der Waals surface area contributed by atoms with Gasteiger partial charge in [0.2, 0.25) is 0 Å².